The average molecular weight is 296 g/mol. The summed E-state index contributed by atoms with van der Waals surface area (Å²) in [5.41, 5.74) is 2.96. The van der Waals surface area contributed by atoms with Crippen molar-refractivity contribution >= 4 is 23.5 Å². The summed E-state index contributed by atoms with van der Waals surface area (Å²) < 4.78 is 0. The van der Waals surface area contributed by atoms with Crippen molar-refractivity contribution in [2.45, 2.75) is 38.0 Å². The fourth-order valence-corrected chi connectivity index (χ4v) is 5.48. The van der Waals surface area contributed by atoms with Crippen molar-refractivity contribution in [3.8, 4) is 0 Å². The smallest absolute Gasteiger partial charge is 0.0448 e. The molecule has 1 heterocycles. The Bertz CT molecular complexity index is 375. The van der Waals surface area contributed by atoms with Gasteiger partial charge in [-0.15, -0.1) is 0 Å². The van der Waals surface area contributed by atoms with E-state index in [0.717, 1.165) is 11.8 Å². The zero-order valence-corrected chi connectivity index (χ0v) is 13.7. The van der Waals surface area contributed by atoms with Gasteiger partial charge in [0.05, 0.1) is 0 Å². The minimum absolute atomic E-state index is 0.514. The van der Waals surface area contributed by atoms with Crippen molar-refractivity contribution in [3.63, 3.8) is 0 Å². The Morgan fingerprint density at radius 2 is 2.21 bits per heavy atom. The van der Waals surface area contributed by atoms with Crippen LogP contribution in [0, 0.1) is 0 Å². The quantitative estimate of drug-likeness (QED) is 0.847. The van der Waals surface area contributed by atoms with Crippen LogP contribution in [0.15, 0.2) is 24.3 Å². The molecule has 0 aliphatic carbocycles. The van der Waals surface area contributed by atoms with Crippen molar-refractivity contribution < 1.29 is 0 Å². The second kappa shape index (κ2) is 8.23. The van der Waals surface area contributed by atoms with Crippen molar-refractivity contribution in [1.82, 2.24) is 5.32 Å². The van der Waals surface area contributed by atoms with E-state index in [1.54, 1.807) is 0 Å². The van der Waals surface area contributed by atoms with Gasteiger partial charge in [0.15, 0.2) is 0 Å². The first-order valence-electron chi connectivity index (χ1n) is 7.36. The first-order chi connectivity index (χ1) is 9.35. The Morgan fingerprint density at radius 1 is 1.32 bits per heavy atom. The van der Waals surface area contributed by atoms with Gasteiger partial charge in [0, 0.05) is 28.6 Å². The molecule has 2 rings (SSSR count). The lowest BCUT2D eigenvalue weighted by Crippen LogP contribution is -2.33. The minimum Gasteiger partial charge on any atom is -0.309 e. The summed E-state index contributed by atoms with van der Waals surface area (Å²) in [6.45, 7) is 5.51. The SMILES string of the molecule is CCCc1cccc(C(NCC)C2CSCCS2)c1. The van der Waals surface area contributed by atoms with E-state index in [2.05, 4.69) is 67.0 Å². The maximum Gasteiger partial charge on any atom is 0.0448 e. The number of nitrogens with one attached hydrogen (secondary N) is 1. The minimum atomic E-state index is 0.514. The molecule has 0 radical (unpaired) electrons. The standard InChI is InChI=1S/C16H25NS2/c1-3-6-13-7-5-8-14(11-13)16(17-4-2)15-12-18-9-10-19-15/h5,7-8,11,15-17H,3-4,6,9-10,12H2,1-2H3. The van der Waals surface area contributed by atoms with Crippen LogP contribution in [0.5, 0.6) is 0 Å². The topological polar surface area (TPSA) is 12.0 Å². The molecular weight excluding hydrogens is 270 g/mol. The molecule has 1 aromatic carbocycles. The zero-order valence-electron chi connectivity index (χ0n) is 12.0. The number of rotatable bonds is 6. The maximum absolute atomic E-state index is 3.70. The van der Waals surface area contributed by atoms with Crippen molar-refractivity contribution in [3.05, 3.63) is 35.4 Å². The summed E-state index contributed by atoms with van der Waals surface area (Å²) in [4.78, 5) is 0. The Hall–Kier alpha value is -0.120. The van der Waals surface area contributed by atoms with Gasteiger partial charge < -0.3 is 5.32 Å². The van der Waals surface area contributed by atoms with Crippen LogP contribution in [0.25, 0.3) is 0 Å². The molecule has 1 aromatic rings. The van der Waals surface area contributed by atoms with Gasteiger partial charge >= 0.3 is 0 Å². The molecule has 1 fully saturated rings. The zero-order chi connectivity index (χ0) is 13.5. The third-order valence-corrected chi connectivity index (χ3v) is 6.35. The molecule has 1 saturated heterocycles. The van der Waals surface area contributed by atoms with E-state index in [0.29, 0.717) is 6.04 Å². The van der Waals surface area contributed by atoms with Gasteiger partial charge in [-0.05, 0) is 24.1 Å². The molecule has 0 aromatic heterocycles. The molecule has 2 unspecified atom stereocenters. The highest BCUT2D eigenvalue weighted by Crippen LogP contribution is 2.33. The highest BCUT2D eigenvalue weighted by Gasteiger charge is 2.25. The van der Waals surface area contributed by atoms with Crippen LogP contribution in [0.2, 0.25) is 0 Å². The van der Waals surface area contributed by atoms with Crippen LogP contribution in [0.1, 0.15) is 37.4 Å². The van der Waals surface area contributed by atoms with Gasteiger partial charge in [-0.2, -0.15) is 23.5 Å². The summed E-state index contributed by atoms with van der Waals surface area (Å²) in [6, 6.07) is 9.71. The van der Waals surface area contributed by atoms with Crippen molar-refractivity contribution in [2.24, 2.45) is 0 Å². The number of hydrogen-bond acceptors (Lipinski definition) is 3. The van der Waals surface area contributed by atoms with Crippen LogP contribution < -0.4 is 5.32 Å². The lowest BCUT2D eigenvalue weighted by molar-refractivity contribution is 0.550. The number of aryl methyl sites for hydroxylation is 1. The second-order valence-corrected chi connectivity index (χ2v) is 7.51. The van der Waals surface area contributed by atoms with E-state index in [4.69, 9.17) is 0 Å². The first-order valence-corrected chi connectivity index (χ1v) is 9.57. The molecule has 3 heteroatoms. The van der Waals surface area contributed by atoms with Crippen LogP contribution in [-0.2, 0) is 6.42 Å². The molecule has 2 atom stereocenters. The third kappa shape index (κ3) is 4.44. The third-order valence-electron chi connectivity index (χ3n) is 3.49. The van der Waals surface area contributed by atoms with E-state index in [-0.39, 0.29) is 0 Å². The van der Waals surface area contributed by atoms with Crippen molar-refractivity contribution in [2.75, 3.05) is 23.8 Å². The van der Waals surface area contributed by atoms with Crippen molar-refractivity contribution in [1.29, 1.82) is 0 Å². The van der Waals surface area contributed by atoms with E-state index >= 15 is 0 Å². The molecule has 1 nitrogen and oxygen atoms in total. The van der Waals surface area contributed by atoms with E-state index in [1.165, 1.54) is 41.2 Å². The molecule has 19 heavy (non-hydrogen) atoms. The molecule has 0 saturated carbocycles. The highest BCUT2D eigenvalue weighted by molar-refractivity contribution is 8.06. The number of hydrogen-bond donors (Lipinski definition) is 1. The molecular formula is C16H25NS2. The first kappa shape index (κ1) is 15.3. The summed E-state index contributed by atoms with van der Waals surface area (Å²) >= 11 is 4.25. The summed E-state index contributed by atoms with van der Waals surface area (Å²) in [5, 5.41) is 4.42. The fourth-order valence-electron chi connectivity index (χ4n) is 2.61. The van der Waals surface area contributed by atoms with Gasteiger partial charge in [-0.3, -0.25) is 0 Å². The van der Waals surface area contributed by atoms with Gasteiger partial charge in [0.1, 0.15) is 0 Å². The average Bonchev–Trinajstić information content (AvgIpc) is 2.46. The van der Waals surface area contributed by atoms with Crippen LogP contribution >= 0.6 is 23.5 Å². The van der Waals surface area contributed by atoms with Crippen LogP contribution in [0.3, 0.4) is 0 Å². The molecule has 0 bridgehead atoms. The molecule has 1 aliphatic heterocycles. The van der Waals surface area contributed by atoms with E-state index in [9.17, 15) is 0 Å². The van der Waals surface area contributed by atoms with Gasteiger partial charge in [0.2, 0.25) is 0 Å². The molecule has 1 N–H and O–H groups in total. The Labute approximate surface area is 126 Å². The molecule has 106 valence electrons. The Balaban J connectivity index is 2.14. The monoisotopic (exact) mass is 295 g/mol. The lowest BCUT2D eigenvalue weighted by atomic mass is 9.99. The highest BCUT2D eigenvalue weighted by atomic mass is 32.2. The van der Waals surface area contributed by atoms with E-state index in [1.807, 2.05) is 0 Å². The fraction of sp³-hybridized carbons (Fsp3) is 0.625. The summed E-state index contributed by atoms with van der Waals surface area (Å²) in [6.07, 6.45) is 2.42. The lowest BCUT2D eigenvalue weighted by Gasteiger charge is -2.30. The largest absolute Gasteiger partial charge is 0.309 e. The van der Waals surface area contributed by atoms with Gasteiger partial charge in [-0.25, -0.2) is 0 Å². The second-order valence-electron chi connectivity index (χ2n) is 5.01. The number of thioether (sulfide) groups is 2. The molecule has 1 aliphatic rings. The summed E-state index contributed by atoms with van der Waals surface area (Å²) in [5.74, 6) is 3.89. The van der Waals surface area contributed by atoms with Crippen LogP contribution in [0.4, 0.5) is 0 Å². The Morgan fingerprint density at radius 3 is 2.89 bits per heavy atom. The normalized spacial score (nSPS) is 21.3. The van der Waals surface area contributed by atoms with E-state index < -0.39 is 0 Å². The Kier molecular flexibility index (Phi) is 6.62. The molecule has 0 spiro atoms. The van der Waals surface area contributed by atoms with Gasteiger partial charge in [0.25, 0.3) is 0 Å². The van der Waals surface area contributed by atoms with Gasteiger partial charge in [-0.1, -0.05) is 44.5 Å². The van der Waals surface area contributed by atoms with Crippen LogP contribution in [-0.4, -0.2) is 29.1 Å². The maximum atomic E-state index is 3.70. The predicted molar refractivity (Wildman–Crippen MR) is 90.4 cm³/mol. The molecule has 0 amide bonds. The predicted octanol–water partition coefficient (Wildman–Crippen LogP) is 4.14. The number of benzene rings is 1. The summed E-state index contributed by atoms with van der Waals surface area (Å²) in [7, 11) is 0.